The van der Waals surface area contributed by atoms with Gasteiger partial charge in [-0.15, -0.1) is 0 Å². The molecule has 2 rings (SSSR count). The molecule has 0 fully saturated rings. The summed E-state index contributed by atoms with van der Waals surface area (Å²) in [6.45, 7) is 1.02. The molecule has 1 aromatic heterocycles. The lowest BCUT2D eigenvalue weighted by atomic mass is 10.1. The molecular weight excluding hydrogens is 294 g/mol. The number of anilines is 1. The molecule has 7 nitrogen and oxygen atoms in total. The number of hydrogen-bond donors (Lipinski definition) is 3. The third-order valence-electron chi connectivity index (χ3n) is 3.15. The molecule has 0 unspecified atom stereocenters. The first-order chi connectivity index (χ1) is 9.79. The van der Waals surface area contributed by atoms with Crippen LogP contribution >= 0.6 is 0 Å². The van der Waals surface area contributed by atoms with Gasteiger partial charge < -0.3 is 15.5 Å². The van der Waals surface area contributed by atoms with Gasteiger partial charge in [-0.25, -0.2) is 18.4 Å². The number of aliphatic hydroxyl groups excluding tert-OH is 2. The van der Waals surface area contributed by atoms with Crippen LogP contribution in [0.1, 0.15) is 6.92 Å². The standard InChI is InChI=1S/C13H17N3O4S/c1-13(6-17,7-18)16-12-10-5-9(21(2,19)20)3-4-11(10)14-8-15-12/h3-5,8,17-18H,6-7H2,1-2H3,(H,14,15,16). The molecule has 0 atom stereocenters. The van der Waals surface area contributed by atoms with Crippen molar-refractivity contribution in [1.82, 2.24) is 9.97 Å². The van der Waals surface area contributed by atoms with Gasteiger partial charge in [-0.05, 0) is 25.1 Å². The van der Waals surface area contributed by atoms with E-state index < -0.39 is 15.4 Å². The number of nitrogens with zero attached hydrogens (tertiary/aromatic N) is 2. The summed E-state index contributed by atoms with van der Waals surface area (Å²) in [6, 6.07) is 4.54. The number of hydrogen-bond acceptors (Lipinski definition) is 7. The summed E-state index contributed by atoms with van der Waals surface area (Å²) in [5.41, 5.74) is -0.402. The zero-order valence-corrected chi connectivity index (χ0v) is 12.6. The van der Waals surface area contributed by atoms with E-state index in [0.29, 0.717) is 16.7 Å². The van der Waals surface area contributed by atoms with Gasteiger partial charge in [-0.2, -0.15) is 0 Å². The quantitative estimate of drug-likeness (QED) is 0.722. The fraction of sp³-hybridized carbons (Fsp3) is 0.385. The van der Waals surface area contributed by atoms with Crippen molar-refractivity contribution in [2.75, 3.05) is 24.8 Å². The van der Waals surface area contributed by atoms with Crippen LogP contribution in [-0.2, 0) is 9.84 Å². The molecule has 0 spiro atoms. The summed E-state index contributed by atoms with van der Waals surface area (Å²) in [7, 11) is -3.35. The Morgan fingerprint density at radius 1 is 1.24 bits per heavy atom. The molecule has 2 aromatic rings. The van der Waals surface area contributed by atoms with Crippen molar-refractivity contribution in [2.45, 2.75) is 17.4 Å². The molecule has 114 valence electrons. The van der Waals surface area contributed by atoms with Crippen LogP contribution in [0.3, 0.4) is 0 Å². The molecule has 21 heavy (non-hydrogen) atoms. The van der Waals surface area contributed by atoms with Gasteiger partial charge in [0.1, 0.15) is 12.1 Å². The highest BCUT2D eigenvalue weighted by Crippen LogP contribution is 2.25. The van der Waals surface area contributed by atoms with Crippen molar-refractivity contribution < 1.29 is 18.6 Å². The second kappa shape index (κ2) is 5.55. The maximum Gasteiger partial charge on any atom is 0.175 e. The molecular formula is C13H17N3O4S. The van der Waals surface area contributed by atoms with E-state index in [2.05, 4.69) is 15.3 Å². The van der Waals surface area contributed by atoms with Crippen molar-refractivity contribution in [3.8, 4) is 0 Å². The average Bonchev–Trinajstić information content (AvgIpc) is 2.46. The van der Waals surface area contributed by atoms with E-state index >= 15 is 0 Å². The van der Waals surface area contributed by atoms with Gasteiger partial charge >= 0.3 is 0 Å². The summed E-state index contributed by atoms with van der Waals surface area (Å²) in [5, 5.41) is 22.1. The molecule has 0 amide bonds. The molecule has 0 radical (unpaired) electrons. The lowest BCUT2D eigenvalue weighted by molar-refractivity contribution is 0.147. The molecule has 0 saturated carbocycles. The van der Waals surface area contributed by atoms with E-state index in [1.54, 1.807) is 13.0 Å². The summed E-state index contributed by atoms with van der Waals surface area (Å²) in [5.74, 6) is 0.358. The number of sulfone groups is 1. The van der Waals surface area contributed by atoms with Gasteiger partial charge in [0.05, 0.1) is 29.2 Å². The van der Waals surface area contributed by atoms with Gasteiger partial charge in [0.15, 0.2) is 9.84 Å². The van der Waals surface area contributed by atoms with E-state index in [1.807, 2.05) is 0 Å². The lowest BCUT2D eigenvalue weighted by Crippen LogP contribution is -2.42. The largest absolute Gasteiger partial charge is 0.394 e. The van der Waals surface area contributed by atoms with E-state index in [4.69, 9.17) is 0 Å². The Labute approximate surface area is 122 Å². The highest BCUT2D eigenvalue weighted by molar-refractivity contribution is 7.90. The number of aromatic nitrogens is 2. The van der Waals surface area contributed by atoms with Crippen LogP contribution in [0.2, 0.25) is 0 Å². The fourth-order valence-corrected chi connectivity index (χ4v) is 2.43. The fourth-order valence-electron chi connectivity index (χ4n) is 1.78. The molecule has 0 aliphatic carbocycles. The average molecular weight is 311 g/mol. The Balaban J connectivity index is 2.59. The highest BCUT2D eigenvalue weighted by Gasteiger charge is 2.23. The van der Waals surface area contributed by atoms with Crippen LogP contribution in [0, 0.1) is 0 Å². The van der Waals surface area contributed by atoms with Crippen molar-refractivity contribution in [3.63, 3.8) is 0 Å². The minimum Gasteiger partial charge on any atom is -0.394 e. The van der Waals surface area contributed by atoms with Crippen LogP contribution < -0.4 is 5.32 Å². The number of fused-ring (bicyclic) bond motifs is 1. The Morgan fingerprint density at radius 3 is 2.48 bits per heavy atom. The number of rotatable bonds is 5. The van der Waals surface area contributed by atoms with Crippen LogP contribution in [0.15, 0.2) is 29.4 Å². The Hall–Kier alpha value is -1.77. The van der Waals surface area contributed by atoms with E-state index in [0.717, 1.165) is 6.26 Å². The van der Waals surface area contributed by atoms with Crippen LogP contribution in [0.25, 0.3) is 10.9 Å². The Bertz CT molecular complexity index is 757. The smallest absolute Gasteiger partial charge is 0.175 e. The normalized spacial score (nSPS) is 12.6. The molecule has 0 bridgehead atoms. The van der Waals surface area contributed by atoms with Gasteiger partial charge in [0.2, 0.25) is 0 Å². The molecule has 1 aromatic carbocycles. The van der Waals surface area contributed by atoms with E-state index in [-0.39, 0.29) is 18.1 Å². The molecule has 3 N–H and O–H groups in total. The number of nitrogens with one attached hydrogen (secondary N) is 1. The second-order valence-electron chi connectivity index (χ2n) is 5.18. The minimum atomic E-state index is -3.35. The van der Waals surface area contributed by atoms with Crippen LogP contribution in [0.5, 0.6) is 0 Å². The molecule has 0 aliphatic heterocycles. The number of aliphatic hydroxyl groups is 2. The predicted octanol–water partition coefficient (Wildman–Crippen LogP) is 0.188. The lowest BCUT2D eigenvalue weighted by Gasteiger charge is -2.27. The van der Waals surface area contributed by atoms with Gasteiger partial charge in [-0.3, -0.25) is 0 Å². The van der Waals surface area contributed by atoms with Gasteiger partial charge in [0, 0.05) is 11.6 Å². The third kappa shape index (κ3) is 3.29. The van der Waals surface area contributed by atoms with Crippen LogP contribution in [-0.4, -0.2) is 53.6 Å². The topological polar surface area (TPSA) is 112 Å². The summed E-state index contributed by atoms with van der Waals surface area (Å²) >= 11 is 0. The van der Waals surface area contributed by atoms with Crippen molar-refractivity contribution >= 4 is 26.6 Å². The maximum atomic E-state index is 11.6. The molecule has 0 aliphatic rings. The maximum absolute atomic E-state index is 11.6. The first-order valence-electron chi connectivity index (χ1n) is 6.24. The second-order valence-corrected chi connectivity index (χ2v) is 7.19. The monoisotopic (exact) mass is 311 g/mol. The summed E-state index contributed by atoms with van der Waals surface area (Å²) in [6.07, 6.45) is 2.45. The zero-order valence-electron chi connectivity index (χ0n) is 11.7. The summed E-state index contributed by atoms with van der Waals surface area (Å²) < 4.78 is 23.3. The summed E-state index contributed by atoms with van der Waals surface area (Å²) in [4.78, 5) is 8.30. The first-order valence-corrected chi connectivity index (χ1v) is 8.13. The molecule has 0 saturated heterocycles. The van der Waals surface area contributed by atoms with Crippen molar-refractivity contribution in [3.05, 3.63) is 24.5 Å². The third-order valence-corrected chi connectivity index (χ3v) is 4.26. The SMILES string of the molecule is CC(CO)(CO)Nc1ncnc2ccc(S(C)(=O)=O)cc12. The van der Waals surface area contributed by atoms with Crippen molar-refractivity contribution in [2.24, 2.45) is 0 Å². The van der Waals surface area contributed by atoms with Crippen molar-refractivity contribution in [1.29, 1.82) is 0 Å². The van der Waals surface area contributed by atoms with Crippen LogP contribution in [0.4, 0.5) is 5.82 Å². The van der Waals surface area contributed by atoms with E-state index in [1.165, 1.54) is 18.5 Å². The Morgan fingerprint density at radius 2 is 1.90 bits per heavy atom. The van der Waals surface area contributed by atoms with E-state index in [9.17, 15) is 18.6 Å². The highest BCUT2D eigenvalue weighted by atomic mass is 32.2. The predicted molar refractivity (Wildman–Crippen MR) is 78.8 cm³/mol. The first kappa shape index (κ1) is 15.6. The molecule has 8 heteroatoms. The Kier molecular flexibility index (Phi) is 4.13. The molecule has 1 heterocycles. The number of benzene rings is 1. The minimum absolute atomic E-state index is 0.155. The van der Waals surface area contributed by atoms with Gasteiger partial charge in [0.25, 0.3) is 0 Å². The zero-order chi connectivity index (χ0) is 15.7. The van der Waals surface area contributed by atoms with Gasteiger partial charge in [-0.1, -0.05) is 0 Å².